The van der Waals surface area contributed by atoms with E-state index in [4.69, 9.17) is 5.11 Å². The van der Waals surface area contributed by atoms with Crippen molar-refractivity contribution in [3.05, 3.63) is 54.1 Å². The third-order valence-electron chi connectivity index (χ3n) is 2.60. The van der Waals surface area contributed by atoms with Gasteiger partial charge in [0.15, 0.2) is 0 Å². The molecular weight excluding hydrogens is 233 g/mol. The van der Waals surface area contributed by atoms with Crippen LogP contribution in [-0.2, 0) is 11.2 Å². The van der Waals surface area contributed by atoms with Gasteiger partial charge in [0.05, 0.1) is 6.42 Å². The number of hydrogen-bond donors (Lipinski definition) is 1. The number of hydrogen-bond acceptors (Lipinski definition) is 2. The number of nitrogens with zero attached hydrogens (tertiary/aromatic N) is 1. The molecule has 0 amide bonds. The number of benzene rings is 1. The summed E-state index contributed by atoms with van der Waals surface area (Å²) < 4.78 is 13.5. The minimum absolute atomic E-state index is 0.0477. The molecule has 0 bridgehead atoms. The van der Waals surface area contributed by atoms with Crippen LogP contribution in [0.15, 0.2) is 42.6 Å². The van der Waals surface area contributed by atoms with Gasteiger partial charge in [-0.2, -0.15) is 0 Å². The van der Waals surface area contributed by atoms with Crippen molar-refractivity contribution in [1.82, 2.24) is 4.98 Å². The fraction of sp³-hybridized carbons (Fsp3) is 0.143. The lowest BCUT2D eigenvalue weighted by atomic mass is 10.1. The van der Waals surface area contributed by atoms with Crippen molar-refractivity contribution in [3.8, 4) is 11.1 Å². The number of aryl methyl sites for hydroxylation is 1. The third-order valence-corrected chi connectivity index (χ3v) is 2.60. The van der Waals surface area contributed by atoms with E-state index in [2.05, 4.69) is 4.98 Å². The number of aromatic nitrogens is 1. The second kappa shape index (κ2) is 5.40. The molecule has 2 aromatic rings. The van der Waals surface area contributed by atoms with Gasteiger partial charge in [-0.25, -0.2) is 4.39 Å². The van der Waals surface area contributed by atoms with Crippen molar-refractivity contribution in [3.63, 3.8) is 0 Å². The number of carbonyl (C=O) groups is 1. The standard InChI is InChI=1S/C14H12FNO2/c15-13-4-2-1-3-12(13)10-5-6-11(16-9-10)7-8-14(17)18/h1-6,9H,7-8H2,(H,17,18). The smallest absolute Gasteiger partial charge is 0.303 e. The molecule has 1 aromatic heterocycles. The molecule has 1 heterocycles. The van der Waals surface area contributed by atoms with Crippen molar-refractivity contribution in [2.24, 2.45) is 0 Å². The van der Waals surface area contributed by atoms with E-state index in [1.165, 1.54) is 6.07 Å². The van der Waals surface area contributed by atoms with E-state index in [-0.39, 0.29) is 12.2 Å². The molecule has 1 N–H and O–H groups in total. The first kappa shape index (κ1) is 12.2. The number of carboxylic acids is 1. The van der Waals surface area contributed by atoms with Gasteiger partial charge in [0.25, 0.3) is 0 Å². The molecule has 0 aliphatic heterocycles. The van der Waals surface area contributed by atoms with E-state index < -0.39 is 5.97 Å². The van der Waals surface area contributed by atoms with E-state index in [0.29, 0.717) is 23.2 Å². The quantitative estimate of drug-likeness (QED) is 0.901. The Bertz CT molecular complexity index is 552. The Balaban J connectivity index is 2.17. The first-order valence-electron chi connectivity index (χ1n) is 5.58. The number of carboxylic acid groups (broad SMARTS) is 1. The number of rotatable bonds is 4. The highest BCUT2D eigenvalue weighted by atomic mass is 19.1. The molecule has 18 heavy (non-hydrogen) atoms. The van der Waals surface area contributed by atoms with Crippen molar-refractivity contribution >= 4 is 5.97 Å². The van der Waals surface area contributed by atoms with Crippen LogP contribution in [-0.4, -0.2) is 16.1 Å². The summed E-state index contributed by atoms with van der Waals surface area (Å²) >= 11 is 0. The maximum atomic E-state index is 13.5. The molecular formula is C14H12FNO2. The highest BCUT2D eigenvalue weighted by Gasteiger charge is 2.05. The van der Waals surface area contributed by atoms with Crippen LogP contribution in [0, 0.1) is 5.82 Å². The summed E-state index contributed by atoms with van der Waals surface area (Å²) in [6.45, 7) is 0. The van der Waals surface area contributed by atoms with E-state index in [9.17, 15) is 9.18 Å². The van der Waals surface area contributed by atoms with Gasteiger partial charge in [-0.05, 0) is 12.1 Å². The Morgan fingerprint density at radius 1 is 1.22 bits per heavy atom. The van der Waals surface area contributed by atoms with Gasteiger partial charge < -0.3 is 5.11 Å². The molecule has 0 aliphatic carbocycles. The van der Waals surface area contributed by atoms with Crippen LogP contribution in [0.5, 0.6) is 0 Å². The van der Waals surface area contributed by atoms with Gasteiger partial charge >= 0.3 is 5.97 Å². The zero-order valence-corrected chi connectivity index (χ0v) is 9.64. The predicted octanol–water partition coefficient (Wildman–Crippen LogP) is 2.90. The van der Waals surface area contributed by atoms with Gasteiger partial charge in [0.2, 0.25) is 0 Å². The van der Waals surface area contributed by atoms with Crippen molar-refractivity contribution < 1.29 is 14.3 Å². The average Bonchev–Trinajstić information content (AvgIpc) is 2.38. The molecule has 0 unspecified atom stereocenters. The van der Waals surface area contributed by atoms with Crippen LogP contribution in [0.2, 0.25) is 0 Å². The highest BCUT2D eigenvalue weighted by molar-refractivity contribution is 5.67. The lowest BCUT2D eigenvalue weighted by molar-refractivity contribution is -0.136. The van der Waals surface area contributed by atoms with Crippen molar-refractivity contribution in [1.29, 1.82) is 0 Å². The maximum absolute atomic E-state index is 13.5. The molecule has 0 fully saturated rings. The third kappa shape index (κ3) is 2.91. The molecule has 0 saturated heterocycles. The fourth-order valence-corrected chi connectivity index (χ4v) is 1.66. The van der Waals surface area contributed by atoms with E-state index in [1.54, 1.807) is 36.5 Å². The molecule has 2 rings (SSSR count). The summed E-state index contributed by atoms with van der Waals surface area (Å²) in [7, 11) is 0. The minimum Gasteiger partial charge on any atom is -0.481 e. The van der Waals surface area contributed by atoms with Crippen LogP contribution in [0.3, 0.4) is 0 Å². The molecule has 0 radical (unpaired) electrons. The lowest BCUT2D eigenvalue weighted by Gasteiger charge is -2.04. The van der Waals surface area contributed by atoms with Crippen LogP contribution in [0.4, 0.5) is 4.39 Å². The van der Waals surface area contributed by atoms with E-state index in [0.717, 1.165) is 0 Å². The van der Waals surface area contributed by atoms with E-state index >= 15 is 0 Å². The zero-order chi connectivity index (χ0) is 13.0. The molecule has 1 aromatic carbocycles. The second-order valence-corrected chi connectivity index (χ2v) is 3.91. The number of halogens is 1. The Kier molecular flexibility index (Phi) is 3.67. The van der Waals surface area contributed by atoms with Crippen LogP contribution in [0.25, 0.3) is 11.1 Å². The van der Waals surface area contributed by atoms with Gasteiger partial charge in [0.1, 0.15) is 5.82 Å². The molecule has 0 atom stereocenters. The zero-order valence-electron chi connectivity index (χ0n) is 9.64. The first-order chi connectivity index (χ1) is 8.66. The number of pyridine rings is 1. The fourth-order valence-electron chi connectivity index (χ4n) is 1.66. The van der Waals surface area contributed by atoms with E-state index in [1.807, 2.05) is 0 Å². The molecule has 0 saturated carbocycles. The number of aliphatic carboxylic acids is 1. The Morgan fingerprint density at radius 3 is 2.61 bits per heavy atom. The SMILES string of the molecule is O=C(O)CCc1ccc(-c2ccccc2F)cn1. The normalized spacial score (nSPS) is 10.3. The molecule has 0 aliphatic rings. The van der Waals surface area contributed by atoms with Crippen molar-refractivity contribution in [2.45, 2.75) is 12.8 Å². The molecule has 0 spiro atoms. The molecule has 3 nitrogen and oxygen atoms in total. The van der Waals surface area contributed by atoms with Gasteiger partial charge in [-0.15, -0.1) is 0 Å². The summed E-state index contributed by atoms with van der Waals surface area (Å²) in [6.07, 6.45) is 1.99. The average molecular weight is 245 g/mol. The Morgan fingerprint density at radius 2 is 2.00 bits per heavy atom. The van der Waals surface area contributed by atoms with Gasteiger partial charge in [-0.1, -0.05) is 24.3 Å². The maximum Gasteiger partial charge on any atom is 0.303 e. The topological polar surface area (TPSA) is 50.2 Å². The molecule has 4 heteroatoms. The predicted molar refractivity (Wildman–Crippen MR) is 65.6 cm³/mol. The largest absolute Gasteiger partial charge is 0.481 e. The first-order valence-corrected chi connectivity index (χ1v) is 5.58. The Labute approximate surface area is 104 Å². The van der Waals surface area contributed by atoms with Gasteiger partial charge in [-0.3, -0.25) is 9.78 Å². The summed E-state index contributed by atoms with van der Waals surface area (Å²) in [5, 5.41) is 8.57. The lowest BCUT2D eigenvalue weighted by Crippen LogP contribution is -1.99. The van der Waals surface area contributed by atoms with Crippen LogP contribution < -0.4 is 0 Å². The van der Waals surface area contributed by atoms with Gasteiger partial charge in [0, 0.05) is 29.4 Å². The van der Waals surface area contributed by atoms with Crippen molar-refractivity contribution in [2.75, 3.05) is 0 Å². The molecule has 92 valence electrons. The van der Waals surface area contributed by atoms with Crippen LogP contribution >= 0.6 is 0 Å². The highest BCUT2D eigenvalue weighted by Crippen LogP contribution is 2.21. The van der Waals surface area contributed by atoms with Crippen LogP contribution in [0.1, 0.15) is 12.1 Å². The summed E-state index contributed by atoms with van der Waals surface area (Å²) in [6, 6.07) is 9.95. The summed E-state index contributed by atoms with van der Waals surface area (Å²) in [5.74, 6) is -1.15. The minimum atomic E-state index is -0.852. The Hall–Kier alpha value is -2.23. The summed E-state index contributed by atoms with van der Waals surface area (Å²) in [4.78, 5) is 14.6. The monoisotopic (exact) mass is 245 g/mol. The second-order valence-electron chi connectivity index (χ2n) is 3.91. The summed E-state index contributed by atoms with van der Waals surface area (Å²) in [5.41, 5.74) is 1.87.